The zero-order valence-electron chi connectivity index (χ0n) is 16.0. The van der Waals surface area contributed by atoms with Crippen LogP contribution in [0.15, 0.2) is 40.8 Å². The normalized spacial score (nSPS) is 20.9. The van der Waals surface area contributed by atoms with E-state index in [-0.39, 0.29) is 23.5 Å². The lowest BCUT2D eigenvalue weighted by Crippen LogP contribution is -2.50. The van der Waals surface area contributed by atoms with E-state index in [4.69, 9.17) is 9.15 Å². The minimum atomic E-state index is -4.43. The third kappa shape index (κ3) is 4.64. The first kappa shape index (κ1) is 20.0. The van der Waals surface area contributed by atoms with Crippen molar-refractivity contribution in [2.24, 2.45) is 0 Å². The molecule has 8 heteroatoms. The Morgan fingerprint density at radius 1 is 1.10 bits per heavy atom. The fraction of sp³-hybridized carbons (Fsp3) is 0.476. The molecular formula is C21H23F3N2O3. The monoisotopic (exact) mass is 408 g/mol. The summed E-state index contributed by atoms with van der Waals surface area (Å²) in [5.41, 5.74) is -0.457. The van der Waals surface area contributed by atoms with Gasteiger partial charge < -0.3 is 14.1 Å². The van der Waals surface area contributed by atoms with Crippen LogP contribution in [-0.2, 0) is 10.9 Å². The van der Waals surface area contributed by atoms with Gasteiger partial charge in [-0.05, 0) is 37.1 Å². The number of furan rings is 1. The molecule has 0 bridgehead atoms. The predicted octanol–water partition coefficient (Wildman–Crippen LogP) is 3.90. The Morgan fingerprint density at radius 3 is 2.59 bits per heavy atom. The largest absolute Gasteiger partial charge is 0.451 e. The topological polar surface area (TPSA) is 45.9 Å². The first-order chi connectivity index (χ1) is 13.9. The van der Waals surface area contributed by atoms with E-state index in [0.29, 0.717) is 18.7 Å². The van der Waals surface area contributed by atoms with Gasteiger partial charge in [-0.2, -0.15) is 13.2 Å². The van der Waals surface area contributed by atoms with Gasteiger partial charge in [0.1, 0.15) is 5.76 Å². The molecule has 1 unspecified atom stereocenters. The average molecular weight is 408 g/mol. The molecule has 0 radical (unpaired) electrons. The van der Waals surface area contributed by atoms with Crippen molar-refractivity contribution in [2.45, 2.75) is 25.1 Å². The zero-order valence-corrected chi connectivity index (χ0v) is 16.0. The number of benzene rings is 1. The number of hydrogen-bond acceptors (Lipinski definition) is 4. The van der Waals surface area contributed by atoms with Crippen LogP contribution in [0.2, 0.25) is 0 Å². The van der Waals surface area contributed by atoms with Crippen LogP contribution in [0.4, 0.5) is 13.2 Å². The maximum Gasteiger partial charge on any atom is 0.416 e. The van der Waals surface area contributed by atoms with Gasteiger partial charge in [0, 0.05) is 44.9 Å². The Labute approximate surface area is 167 Å². The second kappa shape index (κ2) is 8.20. The molecule has 2 saturated heterocycles. The van der Waals surface area contributed by atoms with Gasteiger partial charge in [-0.25, -0.2) is 0 Å². The summed E-state index contributed by atoms with van der Waals surface area (Å²) in [6.07, 6.45) is -1.94. The van der Waals surface area contributed by atoms with Crippen molar-refractivity contribution in [2.75, 3.05) is 39.3 Å². The van der Waals surface area contributed by atoms with Crippen LogP contribution in [0, 0.1) is 0 Å². The van der Waals surface area contributed by atoms with Crippen molar-refractivity contribution in [3.63, 3.8) is 0 Å². The number of rotatable bonds is 4. The number of amides is 1. The van der Waals surface area contributed by atoms with Crippen LogP contribution in [0.3, 0.4) is 0 Å². The lowest BCUT2D eigenvalue weighted by molar-refractivity contribution is -0.137. The smallest absolute Gasteiger partial charge is 0.416 e. The van der Waals surface area contributed by atoms with Crippen LogP contribution >= 0.6 is 0 Å². The quantitative estimate of drug-likeness (QED) is 0.770. The first-order valence-electron chi connectivity index (χ1n) is 9.81. The number of alkyl halides is 3. The molecule has 1 aromatic heterocycles. The minimum absolute atomic E-state index is 0.144. The van der Waals surface area contributed by atoms with Crippen LogP contribution in [0.25, 0.3) is 11.3 Å². The highest BCUT2D eigenvalue weighted by Crippen LogP contribution is 2.32. The van der Waals surface area contributed by atoms with Gasteiger partial charge >= 0.3 is 6.18 Å². The lowest BCUT2D eigenvalue weighted by Gasteiger charge is -2.35. The molecular weight excluding hydrogens is 385 g/mol. The molecule has 156 valence electrons. The SMILES string of the molecule is O=C(c1ccc(-c2cccc(C(F)(F)F)c2)o1)N1CCN(CC2CCCO2)CC1. The molecule has 2 fully saturated rings. The summed E-state index contributed by atoms with van der Waals surface area (Å²) >= 11 is 0. The molecule has 4 rings (SSSR count). The van der Waals surface area contributed by atoms with E-state index in [1.54, 1.807) is 4.90 Å². The molecule has 2 aromatic rings. The summed E-state index contributed by atoms with van der Waals surface area (Å²) < 4.78 is 50.0. The maximum absolute atomic E-state index is 12.9. The van der Waals surface area contributed by atoms with Crippen molar-refractivity contribution in [3.05, 3.63) is 47.7 Å². The molecule has 1 aromatic carbocycles. The summed E-state index contributed by atoms with van der Waals surface area (Å²) in [5.74, 6) is 0.154. The molecule has 2 aliphatic rings. The Balaban J connectivity index is 1.38. The number of halogens is 3. The molecule has 0 saturated carbocycles. The summed E-state index contributed by atoms with van der Waals surface area (Å²) in [6.45, 7) is 4.44. The third-order valence-electron chi connectivity index (χ3n) is 5.44. The Hall–Kier alpha value is -2.32. The van der Waals surface area contributed by atoms with E-state index in [9.17, 15) is 18.0 Å². The molecule has 0 spiro atoms. The second-order valence-corrected chi connectivity index (χ2v) is 7.47. The van der Waals surface area contributed by atoms with Gasteiger partial charge in [0.15, 0.2) is 5.76 Å². The summed E-state index contributed by atoms with van der Waals surface area (Å²) in [7, 11) is 0. The zero-order chi connectivity index (χ0) is 20.4. The molecule has 1 atom stereocenters. The highest BCUT2D eigenvalue weighted by atomic mass is 19.4. The Bertz CT molecular complexity index is 851. The second-order valence-electron chi connectivity index (χ2n) is 7.47. The number of nitrogens with zero attached hydrogens (tertiary/aromatic N) is 2. The first-order valence-corrected chi connectivity index (χ1v) is 9.81. The van der Waals surface area contributed by atoms with Crippen LogP contribution < -0.4 is 0 Å². The summed E-state index contributed by atoms with van der Waals surface area (Å²) in [6, 6.07) is 7.96. The fourth-order valence-electron chi connectivity index (χ4n) is 3.82. The highest BCUT2D eigenvalue weighted by Gasteiger charge is 2.31. The molecule has 0 N–H and O–H groups in total. The van der Waals surface area contributed by atoms with E-state index < -0.39 is 11.7 Å². The minimum Gasteiger partial charge on any atom is -0.451 e. The van der Waals surface area contributed by atoms with Gasteiger partial charge in [0.05, 0.1) is 11.7 Å². The number of piperazine rings is 1. The van der Waals surface area contributed by atoms with E-state index in [0.717, 1.165) is 51.2 Å². The van der Waals surface area contributed by atoms with Gasteiger partial charge in [-0.1, -0.05) is 12.1 Å². The Morgan fingerprint density at radius 2 is 1.90 bits per heavy atom. The van der Waals surface area contributed by atoms with Gasteiger partial charge in [-0.15, -0.1) is 0 Å². The van der Waals surface area contributed by atoms with Crippen molar-refractivity contribution in [1.29, 1.82) is 0 Å². The average Bonchev–Trinajstić information content (AvgIpc) is 3.40. The van der Waals surface area contributed by atoms with E-state index >= 15 is 0 Å². The molecule has 5 nitrogen and oxygen atoms in total. The van der Waals surface area contributed by atoms with Crippen molar-refractivity contribution >= 4 is 5.91 Å². The van der Waals surface area contributed by atoms with Crippen LogP contribution in [0.5, 0.6) is 0 Å². The lowest BCUT2D eigenvalue weighted by atomic mass is 10.1. The maximum atomic E-state index is 12.9. The number of carbonyl (C=O) groups excluding carboxylic acids is 1. The summed E-state index contributed by atoms with van der Waals surface area (Å²) in [4.78, 5) is 16.8. The van der Waals surface area contributed by atoms with E-state index in [1.165, 1.54) is 24.3 Å². The van der Waals surface area contributed by atoms with E-state index in [1.807, 2.05) is 0 Å². The van der Waals surface area contributed by atoms with Gasteiger partial charge in [0.25, 0.3) is 5.91 Å². The van der Waals surface area contributed by atoms with E-state index in [2.05, 4.69) is 4.90 Å². The molecule has 29 heavy (non-hydrogen) atoms. The Kier molecular flexibility index (Phi) is 5.65. The molecule has 1 amide bonds. The standard InChI is InChI=1S/C21H23F3N2O3/c22-21(23,24)16-4-1-3-15(13-16)18-6-7-19(29-18)20(27)26-10-8-25(9-11-26)14-17-5-2-12-28-17/h1,3-4,6-7,13,17H,2,5,8-12,14H2. The third-order valence-corrected chi connectivity index (χ3v) is 5.44. The molecule has 0 aliphatic carbocycles. The van der Waals surface area contributed by atoms with Gasteiger partial charge in [0.2, 0.25) is 0 Å². The van der Waals surface area contributed by atoms with Crippen molar-refractivity contribution < 1.29 is 27.1 Å². The number of ether oxygens (including phenoxy) is 1. The number of carbonyl (C=O) groups is 1. The number of hydrogen-bond donors (Lipinski definition) is 0. The molecule has 3 heterocycles. The highest BCUT2D eigenvalue weighted by molar-refractivity contribution is 5.92. The van der Waals surface area contributed by atoms with Crippen molar-refractivity contribution in [1.82, 2.24) is 9.80 Å². The van der Waals surface area contributed by atoms with Crippen LogP contribution in [-0.4, -0.2) is 61.1 Å². The predicted molar refractivity (Wildman–Crippen MR) is 100 cm³/mol. The van der Waals surface area contributed by atoms with Gasteiger partial charge in [-0.3, -0.25) is 9.69 Å². The van der Waals surface area contributed by atoms with Crippen molar-refractivity contribution in [3.8, 4) is 11.3 Å². The molecule has 2 aliphatic heterocycles. The fourth-order valence-corrected chi connectivity index (χ4v) is 3.82. The van der Waals surface area contributed by atoms with Crippen LogP contribution in [0.1, 0.15) is 29.0 Å². The summed E-state index contributed by atoms with van der Waals surface area (Å²) in [5, 5.41) is 0.